The van der Waals surface area contributed by atoms with E-state index < -0.39 is 10.0 Å². The zero-order chi connectivity index (χ0) is 14.0. The minimum Gasteiger partial charge on any atom is -0.382 e. The minimum absolute atomic E-state index is 0.0278. The fourth-order valence-electron chi connectivity index (χ4n) is 1.30. The Labute approximate surface area is 119 Å². The Morgan fingerprint density at radius 2 is 2.26 bits per heavy atom. The van der Waals surface area contributed by atoms with Crippen molar-refractivity contribution in [1.82, 2.24) is 14.7 Å². The molecule has 0 atom stereocenters. The lowest BCUT2D eigenvalue weighted by atomic mass is 10.5. The van der Waals surface area contributed by atoms with E-state index in [4.69, 9.17) is 17.3 Å². The van der Waals surface area contributed by atoms with Gasteiger partial charge in [-0.1, -0.05) is 11.6 Å². The van der Waals surface area contributed by atoms with Crippen LogP contribution >= 0.6 is 22.9 Å². The molecule has 0 fully saturated rings. The molecule has 0 spiro atoms. The van der Waals surface area contributed by atoms with Crippen LogP contribution in [0.4, 0.5) is 5.82 Å². The van der Waals surface area contributed by atoms with Gasteiger partial charge in [0.1, 0.15) is 15.7 Å². The molecule has 0 amide bonds. The molecule has 9 heteroatoms. The molecule has 2 rings (SSSR count). The van der Waals surface area contributed by atoms with E-state index in [0.29, 0.717) is 5.01 Å². The first-order valence-corrected chi connectivity index (χ1v) is 7.94. The minimum atomic E-state index is -3.67. The van der Waals surface area contributed by atoms with Gasteiger partial charge in [-0.15, -0.1) is 11.3 Å². The molecule has 19 heavy (non-hydrogen) atoms. The van der Waals surface area contributed by atoms with Crippen molar-refractivity contribution in [3.8, 4) is 0 Å². The number of nitrogen functional groups attached to an aromatic ring is 1. The van der Waals surface area contributed by atoms with Crippen molar-refractivity contribution in [3.63, 3.8) is 0 Å². The topological polar surface area (TPSA) is 98.0 Å². The number of rotatable bonds is 4. The third-order valence-corrected chi connectivity index (χ3v) is 4.87. The first kappa shape index (κ1) is 14.2. The van der Waals surface area contributed by atoms with Crippen LogP contribution in [0.5, 0.6) is 0 Å². The molecule has 0 saturated carbocycles. The Bertz CT molecular complexity index is 699. The maximum absolute atomic E-state index is 12.0. The van der Waals surface area contributed by atoms with Crippen LogP contribution in [-0.2, 0) is 16.6 Å². The van der Waals surface area contributed by atoms with E-state index in [9.17, 15) is 8.42 Å². The van der Waals surface area contributed by atoms with Gasteiger partial charge in [-0.3, -0.25) is 0 Å². The number of sulfonamides is 1. The summed E-state index contributed by atoms with van der Waals surface area (Å²) in [5, 5.41) is 2.65. The summed E-state index contributed by atoms with van der Waals surface area (Å²) >= 11 is 7.14. The van der Waals surface area contributed by atoms with E-state index in [-0.39, 0.29) is 22.3 Å². The van der Waals surface area contributed by atoms with E-state index in [0.717, 1.165) is 11.9 Å². The highest BCUT2D eigenvalue weighted by Gasteiger charge is 2.16. The lowest BCUT2D eigenvalue weighted by molar-refractivity contribution is 0.580. The molecule has 0 aliphatic heterocycles. The molecule has 2 aromatic heterocycles. The third kappa shape index (κ3) is 3.41. The van der Waals surface area contributed by atoms with Gasteiger partial charge in [0.15, 0.2) is 0 Å². The molecule has 3 N–H and O–H groups in total. The van der Waals surface area contributed by atoms with Gasteiger partial charge in [0.05, 0.1) is 11.6 Å². The van der Waals surface area contributed by atoms with Crippen LogP contribution in [0.25, 0.3) is 0 Å². The van der Waals surface area contributed by atoms with E-state index in [1.807, 2.05) is 12.3 Å². The number of nitrogens with zero attached hydrogens (tertiary/aromatic N) is 2. The maximum atomic E-state index is 12.0. The molecule has 0 aliphatic carbocycles. The standard InChI is InChI=1S/C10H11ClN4O2S2/c1-6-5-18-9(15-6)4-14-19(16,17)7-2-8(11)10(12)13-3-7/h2-3,5,14H,4H2,1H3,(H2,12,13). The fourth-order valence-corrected chi connectivity index (χ4v) is 3.29. The molecular formula is C10H11ClN4O2S2. The largest absolute Gasteiger partial charge is 0.382 e. The molecule has 0 bridgehead atoms. The lowest BCUT2D eigenvalue weighted by Gasteiger charge is -2.06. The molecule has 2 aromatic rings. The monoisotopic (exact) mass is 318 g/mol. The number of pyridine rings is 1. The smallest absolute Gasteiger partial charge is 0.242 e. The second kappa shape index (κ2) is 5.41. The number of anilines is 1. The molecule has 0 unspecified atom stereocenters. The number of hydrogen-bond donors (Lipinski definition) is 2. The van der Waals surface area contributed by atoms with Gasteiger partial charge in [0.25, 0.3) is 0 Å². The maximum Gasteiger partial charge on any atom is 0.242 e. The zero-order valence-electron chi connectivity index (χ0n) is 9.92. The van der Waals surface area contributed by atoms with Crippen molar-refractivity contribution in [1.29, 1.82) is 0 Å². The molecule has 0 aliphatic rings. The molecular weight excluding hydrogens is 308 g/mol. The average molecular weight is 319 g/mol. The van der Waals surface area contributed by atoms with Crippen LogP contribution in [0.2, 0.25) is 5.02 Å². The van der Waals surface area contributed by atoms with Gasteiger partial charge in [0.2, 0.25) is 10.0 Å². The zero-order valence-corrected chi connectivity index (χ0v) is 12.3. The van der Waals surface area contributed by atoms with E-state index in [1.165, 1.54) is 17.4 Å². The normalized spacial score (nSPS) is 11.7. The van der Waals surface area contributed by atoms with Gasteiger partial charge >= 0.3 is 0 Å². The van der Waals surface area contributed by atoms with Gasteiger partial charge in [-0.2, -0.15) is 0 Å². The van der Waals surface area contributed by atoms with E-state index in [2.05, 4.69) is 14.7 Å². The van der Waals surface area contributed by atoms with Gasteiger partial charge in [-0.05, 0) is 13.0 Å². The summed E-state index contributed by atoms with van der Waals surface area (Å²) in [6.07, 6.45) is 1.16. The number of thiazole rings is 1. The van der Waals surface area contributed by atoms with Crippen LogP contribution in [0, 0.1) is 6.92 Å². The SMILES string of the molecule is Cc1csc(CNS(=O)(=O)c2cnc(N)c(Cl)c2)n1. The number of hydrogen-bond acceptors (Lipinski definition) is 6. The van der Waals surface area contributed by atoms with Crippen LogP contribution in [0.1, 0.15) is 10.7 Å². The molecule has 6 nitrogen and oxygen atoms in total. The summed E-state index contributed by atoms with van der Waals surface area (Å²) in [6.45, 7) is 1.97. The van der Waals surface area contributed by atoms with E-state index >= 15 is 0 Å². The Kier molecular flexibility index (Phi) is 4.04. The molecule has 0 aromatic carbocycles. The Hall–Kier alpha value is -1.22. The summed E-state index contributed by atoms with van der Waals surface area (Å²) in [5.74, 6) is 0.0937. The quantitative estimate of drug-likeness (QED) is 0.891. The third-order valence-electron chi connectivity index (χ3n) is 2.23. The second-order valence-corrected chi connectivity index (χ2v) is 6.86. The van der Waals surface area contributed by atoms with Crippen molar-refractivity contribution in [2.45, 2.75) is 18.4 Å². The average Bonchev–Trinajstić information content (AvgIpc) is 2.76. The van der Waals surface area contributed by atoms with Crippen LogP contribution in [0.3, 0.4) is 0 Å². The number of aromatic nitrogens is 2. The number of nitrogens with one attached hydrogen (secondary N) is 1. The number of aryl methyl sites for hydroxylation is 1. The number of halogens is 1. The Balaban J connectivity index is 2.16. The fraction of sp³-hybridized carbons (Fsp3) is 0.200. The first-order chi connectivity index (χ1) is 8.88. The highest BCUT2D eigenvalue weighted by atomic mass is 35.5. The van der Waals surface area contributed by atoms with Crippen molar-refractivity contribution in [3.05, 3.63) is 33.4 Å². The summed E-state index contributed by atoms with van der Waals surface area (Å²) in [7, 11) is -3.67. The molecule has 0 saturated heterocycles. The van der Waals surface area contributed by atoms with Crippen LogP contribution in [0.15, 0.2) is 22.5 Å². The first-order valence-electron chi connectivity index (χ1n) is 5.20. The van der Waals surface area contributed by atoms with Gasteiger partial charge in [-0.25, -0.2) is 23.1 Å². The van der Waals surface area contributed by atoms with Crippen LogP contribution in [-0.4, -0.2) is 18.4 Å². The van der Waals surface area contributed by atoms with Crippen LogP contribution < -0.4 is 10.5 Å². The summed E-state index contributed by atoms with van der Waals surface area (Å²) in [4.78, 5) is 7.86. The highest BCUT2D eigenvalue weighted by molar-refractivity contribution is 7.89. The van der Waals surface area contributed by atoms with Crippen molar-refractivity contribution in [2.75, 3.05) is 5.73 Å². The van der Waals surface area contributed by atoms with Crippen molar-refractivity contribution in [2.24, 2.45) is 0 Å². The van der Waals surface area contributed by atoms with E-state index in [1.54, 1.807) is 0 Å². The summed E-state index contributed by atoms with van der Waals surface area (Å²) in [6, 6.07) is 1.26. The lowest BCUT2D eigenvalue weighted by Crippen LogP contribution is -2.23. The van der Waals surface area contributed by atoms with Crippen molar-refractivity contribution < 1.29 is 8.42 Å². The summed E-state index contributed by atoms with van der Waals surface area (Å²) < 4.78 is 26.4. The van der Waals surface area contributed by atoms with Crippen molar-refractivity contribution >= 4 is 38.8 Å². The Morgan fingerprint density at radius 3 is 2.84 bits per heavy atom. The number of nitrogens with two attached hydrogens (primary N) is 1. The second-order valence-electron chi connectivity index (χ2n) is 3.75. The predicted molar refractivity (Wildman–Crippen MR) is 74.5 cm³/mol. The Morgan fingerprint density at radius 1 is 1.53 bits per heavy atom. The molecule has 102 valence electrons. The summed E-state index contributed by atoms with van der Waals surface area (Å²) in [5.41, 5.74) is 6.29. The van der Waals surface area contributed by atoms with Gasteiger partial charge < -0.3 is 5.73 Å². The molecule has 2 heterocycles. The van der Waals surface area contributed by atoms with Gasteiger partial charge in [0, 0.05) is 17.3 Å². The highest BCUT2D eigenvalue weighted by Crippen LogP contribution is 2.20. The predicted octanol–water partition coefficient (Wildman–Crippen LogP) is 1.56. The molecule has 0 radical (unpaired) electrons.